The van der Waals surface area contributed by atoms with Crippen molar-refractivity contribution < 1.29 is 23.2 Å². The van der Waals surface area contributed by atoms with E-state index in [0.29, 0.717) is 30.4 Å². The Labute approximate surface area is 209 Å². The molecule has 0 saturated carbocycles. The maximum atomic E-state index is 13.3. The molecule has 2 amide bonds. The summed E-state index contributed by atoms with van der Waals surface area (Å²) in [6.45, 7) is 3.36. The number of carbonyl (C=O) groups excluding carboxylic acids is 2. The van der Waals surface area contributed by atoms with Crippen LogP contribution < -0.4 is 10.1 Å². The second kappa shape index (κ2) is 10.6. The lowest BCUT2D eigenvalue weighted by Crippen LogP contribution is -2.40. The minimum absolute atomic E-state index is 0.143. The molecule has 184 valence electrons. The van der Waals surface area contributed by atoms with E-state index in [1.54, 1.807) is 24.3 Å². The van der Waals surface area contributed by atoms with Gasteiger partial charge in [0.2, 0.25) is 0 Å². The van der Waals surface area contributed by atoms with Gasteiger partial charge in [0.1, 0.15) is 18.1 Å². The van der Waals surface area contributed by atoms with E-state index in [2.05, 4.69) is 11.4 Å². The van der Waals surface area contributed by atoms with Crippen molar-refractivity contribution in [1.82, 2.24) is 10.2 Å². The fourth-order valence-electron chi connectivity index (χ4n) is 4.50. The molecule has 2 aromatic carbocycles. The Morgan fingerprint density at radius 3 is 2.67 bits per heavy atom. The lowest BCUT2D eigenvalue weighted by Gasteiger charge is -2.37. The Balaban J connectivity index is 1.39. The molecule has 2 aromatic heterocycles. The molecule has 1 N–H and O–H groups in total. The zero-order chi connectivity index (χ0) is 24.9. The molecule has 4 aromatic rings. The number of furan rings is 2. The molecule has 1 aliphatic heterocycles. The summed E-state index contributed by atoms with van der Waals surface area (Å²) in [4.78, 5) is 27.3. The van der Waals surface area contributed by atoms with Crippen molar-refractivity contribution in [3.63, 3.8) is 0 Å². The summed E-state index contributed by atoms with van der Waals surface area (Å²) in [6.07, 6.45) is 3.11. The fraction of sp³-hybridized carbons (Fsp3) is 0.241. The first kappa shape index (κ1) is 23.5. The molecule has 0 unspecified atom stereocenters. The molecule has 0 spiro atoms. The second-order valence-electron chi connectivity index (χ2n) is 8.71. The topological polar surface area (TPSA) is 84.9 Å². The molecule has 7 heteroatoms. The normalized spacial score (nSPS) is 14.8. The monoisotopic (exact) mass is 484 g/mol. The number of ether oxygens (including phenoxy) is 1. The van der Waals surface area contributed by atoms with Crippen molar-refractivity contribution in [3.8, 4) is 5.75 Å². The highest BCUT2D eigenvalue weighted by Gasteiger charge is 2.34. The second-order valence-corrected chi connectivity index (χ2v) is 8.71. The summed E-state index contributed by atoms with van der Waals surface area (Å²) in [6, 6.07) is 22.5. The van der Waals surface area contributed by atoms with Gasteiger partial charge in [0.05, 0.1) is 12.3 Å². The Kier molecular flexibility index (Phi) is 6.89. The van der Waals surface area contributed by atoms with E-state index < -0.39 is 0 Å². The van der Waals surface area contributed by atoms with E-state index in [1.807, 2.05) is 54.3 Å². The van der Waals surface area contributed by atoms with Crippen LogP contribution in [-0.4, -0.2) is 29.8 Å². The average molecular weight is 485 g/mol. The van der Waals surface area contributed by atoms with Crippen molar-refractivity contribution in [1.29, 1.82) is 0 Å². The smallest absolute Gasteiger partial charge is 0.290 e. The van der Waals surface area contributed by atoms with Gasteiger partial charge in [-0.2, -0.15) is 0 Å². The molecular weight excluding hydrogens is 456 g/mol. The molecule has 0 saturated heterocycles. The van der Waals surface area contributed by atoms with Gasteiger partial charge in [-0.3, -0.25) is 9.59 Å². The number of benzene rings is 2. The van der Waals surface area contributed by atoms with Gasteiger partial charge in [0.25, 0.3) is 11.8 Å². The van der Waals surface area contributed by atoms with E-state index >= 15 is 0 Å². The maximum Gasteiger partial charge on any atom is 0.290 e. The zero-order valence-corrected chi connectivity index (χ0v) is 20.1. The van der Waals surface area contributed by atoms with Gasteiger partial charge in [0, 0.05) is 13.1 Å². The highest BCUT2D eigenvalue weighted by atomic mass is 16.5. The standard InChI is InChI=1S/C29H28N2O5/c1-2-15-30-28(32)25-13-12-23(36-25)19-35-22-11-10-20-14-16-31(29(33)26-9-6-17-34-26)27(24(20)18-22)21-7-4-3-5-8-21/h3-13,17-18,27H,2,14-16,19H2,1H3,(H,30,32)/t27-/m1/s1. The van der Waals surface area contributed by atoms with E-state index in [1.165, 1.54) is 11.8 Å². The molecule has 0 aliphatic carbocycles. The Morgan fingerprint density at radius 1 is 1.03 bits per heavy atom. The third-order valence-corrected chi connectivity index (χ3v) is 6.26. The van der Waals surface area contributed by atoms with E-state index in [9.17, 15) is 9.59 Å². The average Bonchev–Trinajstić information content (AvgIpc) is 3.63. The Bertz CT molecular complexity index is 1330. The Morgan fingerprint density at radius 2 is 1.89 bits per heavy atom. The van der Waals surface area contributed by atoms with Crippen LogP contribution in [0.3, 0.4) is 0 Å². The maximum absolute atomic E-state index is 13.3. The number of hydrogen-bond acceptors (Lipinski definition) is 5. The van der Waals surface area contributed by atoms with Crippen LogP contribution in [0.25, 0.3) is 0 Å². The third-order valence-electron chi connectivity index (χ3n) is 6.26. The molecule has 36 heavy (non-hydrogen) atoms. The van der Waals surface area contributed by atoms with Crippen molar-refractivity contribution >= 4 is 11.8 Å². The van der Waals surface area contributed by atoms with E-state index in [4.69, 9.17) is 13.6 Å². The molecule has 0 radical (unpaired) electrons. The number of amides is 2. The molecule has 0 bridgehead atoms. The molecule has 7 nitrogen and oxygen atoms in total. The highest BCUT2D eigenvalue weighted by molar-refractivity contribution is 5.92. The van der Waals surface area contributed by atoms with Gasteiger partial charge in [0.15, 0.2) is 11.5 Å². The van der Waals surface area contributed by atoms with Crippen LogP contribution in [0.15, 0.2) is 87.9 Å². The van der Waals surface area contributed by atoms with Crippen LogP contribution >= 0.6 is 0 Å². The van der Waals surface area contributed by atoms with Crippen molar-refractivity contribution in [2.24, 2.45) is 0 Å². The predicted octanol–water partition coefficient (Wildman–Crippen LogP) is 5.38. The summed E-state index contributed by atoms with van der Waals surface area (Å²) < 4.78 is 17.1. The van der Waals surface area contributed by atoms with Crippen LogP contribution in [0.4, 0.5) is 0 Å². The summed E-state index contributed by atoms with van der Waals surface area (Å²) in [5.74, 6) is 1.44. The number of fused-ring (bicyclic) bond motifs is 1. The van der Waals surface area contributed by atoms with Gasteiger partial charge in [-0.15, -0.1) is 0 Å². The van der Waals surface area contributed by atoms with Crippen molar-refractivity contribution in [2.75, 3.05) is 13.1 Å². The number of rotatable bonds is 8. The molecular formula is C29H28N2O5. The van der Waals surface area contributed by atoms with Crippen LogP contribution in [0, 0.1) is 0 Å². The highest BCUT2D eigenvalue weighted by Crippen LogP contribution is 2.38. The predicted molar refractivity (Wildman–Crippen MR) is 134 cm³/mol. The van der Waals surface area contributed by atoms with Crippen LogP contribution in [0.5, 0.6) is 5.75 Å². The number of nitrogens with zero attached hydrogens (tertiary/aromatic N) is 1. The van der Waals surface area contributed by atoms with Crippen LogP contribution in [-0.2, 0) is 13.0 Å². The minimum Gasteiger partial charge on any atom is -0.486 e. The van der Waals surface area contributed by atoms with Crippen molar-refractivity contribution in [2.45, 2.75) is 32.4 Å². The van der Waals surface area contributed by atoms with Crippen LogP contribution in [0.1, 0.15) is 62.9 Å². The van der Waals surface area contributed by atoms with Gasteiger partial charge in [-0.05, 0) is 65.9 Å². The van der Waals surface area contributed by atoms with Gasteiger partial charge < -0.3 is 23.8 Å². The number of hydrogen-bond donors (Lipinski definition) is 1. The molecule has 3 heterocycles. The lowest BCUT2D eigenvalue weighted by atomic mass is 9.87. The lowest BCUT2D eigenvalue weighted by molar-refractivity contribution is 0.0661. The number of carbonyl (C=O) groups is 2. The van der Waals surface area contributed by atoms with E-state index in [-0.39, 0.29) is 30.2 Å². The SMILES string of the molecule is CCCNC(=O)c1ccc(COc2ccc3c(c2)[C@@H](c2ccccc2)N(C(=O)c2ccco2)CC3)o1. The first-order valence-corrected chi connectivity index (χ1v) is 12.2. The Hall–Kier alpha value is -4.26. The molecule has 1 atom stereocenters. The van der Waals surface area contributed by atoms with Crippen LogP contribution in [0.2, 0.25) is 0 Å². The first-order valence-electron chi connectivity index (χ1n) is 12.2. The summed E-state index contributed by atoms with van der Waals surface area (Å²) in [5.41, 5.74) is 3.21. The summed E-state index contributed by atoms with van der Waals surface area (Å²) >= 11 is 0. The fourth-order valence-corrected chi connectivity index (χ4v) is 4.50. The minimum atomic E-state index is -0.270. The first-order chi connectivity index (χ1) is 17.6. The van der Waals surface area contributed by atoms with Crippen molar-refractivity contribution in [3.05, 3.63) is 113 Å². The summed E-state index contributed by atoms with van der Waals surface area (Å²) in [7, 11) is 0. The molecule has 0 fully saturated rings. The number of nitrogens with one attached hydrogen (secondary N) is 1. The largest absolute Gasteiger partial charge is 0.486 e. The molecule has 5 rings (SSSR count). The molecule has 1 aliphatic rings. The van der Waals surface area contributed by atoms with Gasteiger partial charge in [-0.1, -0.05) is 43.3 Å². The van der Waals surface area contributed by atoms with Gasteiger partial charge in [-0.25, -0.2) is 0 Å². The van der Waals surface area contributed by atoms with E-state index in [0.717, 1.165) is 24.0 Å². The zero-order valence-electron chi connectivity index (χ0n) is 20.1. The van der Waals surface area contributed by atoms with Gasteiger partial charge >= 0.3 is 0 Å². The summed E-state index contributed by atoms with van der Waals surface area (Å²) in [5, 5.41) is 2.80. The quantitative estimate of drug-likeness (QED) is 0.363. The third kappa shape index (κ3) is 4.91.